The molecule has 0 saturated carbocycles. The van der Waals surface area contributed by atoms with Crippen molar-refractivity contribution in [3.05, 3.63) is 65.2 Å². The van der Waals surface area contributed by atoms with Crippen LogP contribution in [0.1, 0.15) is 35.3 Å². The van der Waals surface area contributed by atoms with Gasteiger partial charge >= 0.3 is 0 Å². The maximum atomic E-state index is 12.2. The van der Waals surface area contributed by atoms with Gasteiger partial charge in [-0.1, -0.05) is 12.1 Å². The van der Waals surface area contributed by atoms with E-state index in [1.54, 1.807) is 42.5 Å². The van der Waals surface area contributed by atoms with Gasteiger partial charge in [0.15, 0.2) is 11.5 Å². The van der Waals surface area contributed by atoms with E-state index in [9.17, 15) is 9.59 Å². The van der Waals surface area contributed by atoms with Crippen molar-refractivity contribution in [1.29, 1.82) is 5.26 Å². The summed E-state index contributed by atoms with van der Waals surface area (Å²) in [7, 11) is 1.49. The summed E-state index contributed by atoms with van der Waals surface area (Å²) >= 11 is 0. The lowest BCUT2D eigenvalue weighted by atomic mass is 10.1. The fraction of sp³-hybridized carbons (Fsp3) is 0.190. The zero-order valence-electron chi connectivity index (χ0n) is 15.9. The first kappa shape index (κ1) is 20.5. The van der Waals surface area contributed by atoms with E-state index >= 15 is 0 Å². The molecular formula is C21H21N3O4. The highest BCUT2D eigenvalue weighted by Gasteiger charge is 2.12. The molecule has 0 radical (unpaired) electrons. The number of amides is 2. The molecule has 0 aromatic heterocycles. The molecule has 0 aliphatic carbocycles. The standard InChI is InChI=1S/C21H21N3O4/c1-14(2)28-18-10-9-17(12-19(18)27-3)21(26)24-23-20(25)11-8-15-4-6-16(13-22)7-5-15/h4-12,14H,1-3H3,(H,23,25)(H,24,26)/b11-8+. The summed E-state index contributed by atoms with van der Waals surface area (Å²) in [6.45, 7) is 3.78. The minimum Gasteiger partial charge on any atom is -0.493 e. The van der Waals surface area contributed by atoms with Crippen molar-refractivity contribution >= 4 is 17.9 Å². The topological polar surface area (TPSA) is 100 Å². The van der Waals surface area contributed by atoms with Crippen LogP contribution >= 0.6 is 0 Å². The third-order valence-electron chi connectivity index (χ3n) is 3.55. The van der Waals surface area contributed by atoms with Crippen LogP contribution in [-0.2, 0) is 4.79 Å². The van der Waals surface area contributed by atoms with Crippen molar-refractivity contribution in [2.24, 2.45) is 0 Å². The Hall–Kier alpha value is -3.79. The molecule has 0 fully saturated rings. The Labute approximate surface area is 163 Å². The number of nitrogens with one attached hydrogen (secondary N) is 2. The van der Waals surface area contributed by atoms with Crippen LogP contribution in [0.2, 0.25) is 0 Å². The summed E-state index contributed by atoms with van der Waals surface area (Å²) in [4.78, 5) is 24.1. The van der Waals surface area contributed by atoms with Gasteiger partial charge in [0.1, 0.15) is 0 Å². The van der Waals surface area contributed by atoms with E-state index in [0.29, 0.717) is 22.6 Å². The molecular weight excluding hydrogens is 358 g/mol. The summed E-state index contributed by atoms with van der Waals surface area (Å²) in [5.74, 6) is -0.0317. The monoisotopic (exact) mass is 379 g/mol. The molecule has 2 aromatic carbocycles. The van der Waals surface area contributed by atoms with Gasteiger partial charge in [0.25, 0.3) is 11.8 Å². The number of benzene rings is 2. The Bertz CT molecular complexity index is 912. The number of hydrazine groups is 1. The first-order valence-corrected chi connectivity index (χ1v) is 8.56. The molecule has 0 bridgehead atoms. The summed E-state index contributed by atoms with van der Waals surface area (Å²) in [5, 5.41) is 8.76. The van der Waals surface area contributed by atoms with Gasteiger partial charge in [0.05, 0.1) is 24.8 Å². The molecule has 7 nitrogen and oxygen atoms in total. The third-order valence-corrected chi connectivity index (χ3v) is 3.55. The van der Waals surface area contributed by atoms with Crippen LogP contribution in [0.3, 0.4) is 0 Å². The average molecular weight is 379 g/mol. The Morgan fingerprint density at radius 2 is 1.79 bits per heavy atom. The largest absolute Gasteiger partial charge is 0.493 e. The molecule has 0 saturated heterocycles. The molecule has 0 unspecified atom stereocenters. The molecule has 7 heteroatoms. The van der Waals surface area contributed by atoms with Crippen molar-refractivity contribution in [3.8, 4) is 17.6 Å². The SMILES string of the molecule is COc1cc(C(=O)NNC(=O)/C=C/c2ccc(C#N)cc2)ccc1OC(C)C. The van der Waals surface area contributed by atoms with Crippen molar-refractivity contribution in [3.63, 3.8) is 0 Å². The van der Waals surface area contributed by atoms with Gasteiger partial charge in [-0.3, -0.25) is 20.4 Å². The number of nitrogens with zero attached hydrogens (tertiary/aromatic N) is 1. The Kier molecular flexibility index (Phi) is 7.17. The zero-order chi connectivity index (χ0) is 20.5. The molecule has 0 heterocycles. The predicted molar refractivity (Wildman–Crippen MR) is 105 cm³/mol. The van der Waals surface area contributed by atoms with Crippen molar-refractivity contribution in [2.75, 3.05) is 7.11 Å². The number of carbonyl (C=O) groups is 2. The van der Waals surface area contributed by atoms with Crippen LogP contribution in [0, 0.1) is 11.3 Å². The van der Waals surface area contributed by atoms with E-state index in [1.807, 2.05) is 19.9 Å². The van der Waals surface area contributed by atoms with Crippen molar-refractivity contribution in [1.82, 2.24) is 10.9 Å². The maximum Gasteiger partial charge on any atom is 0.269 e. The third kappa shape index (κ3) is 5.88. The van der Waals surface area contributed by atoms with E-state index < -0.39 is 11.8 Å². The molecule has 2 aromatic rings. The van der Waals surface area contributed by atoms with Gasteiger partial charge in [0, 0.05) is 11.6 Å². The minimum absolute atomic E-state index is 0.0317. The minimum atomic E-state index is -0.496. The average Bonchev–Trinajstić information content (AvgIpc) is 2.70. The lowest BCUT2D eigenvalue weighted by Crippen LogP contribution is -2.40. The quantitative estimate of drug-likeness (QED) is 0.594. The van der Waals surface area contributed by atoms with Gasteiger partial charge in [0.2, 0.25) is 0 Å². The van der Waals surface area contributed by atoms with Gasteiger partial charge in [-0.15, -0.1) is 0 Å². The Balaban J connectivity index is 1.94. The molecule has 0 aliphatic heterocycles. The predicted octanol–water partition coefficient (Wildman–Crippen LogP) is 2.83. The second-order valence-electron chi connectivity index (χ2n) is 6.04. The van der Waals surface area contributed by atoms with E-state index in [1.165, 1.54) is 19.3 Å². The van der Waals surface area contributed by atoms with Crippen LogP contribution in [0.15, 0.2) is 48.5 Å². The van der Waals surface area contributed by atoms with Crippen LogP contribution in [0.5, 0.6) is 11.5 Å². The zero-order valence-corrected chi connectivity index (χ0v) is 15.9. The van der Waals surface area contributed by atoms with Gasteiger partial charge in [-0.25, -0.2) is 0 Å². The Morgan fingerprint density at radius 1 is 1.07 bits per heavy atom. The maximum absolute atomic E-state index is 12.2. The number of methoxy groups -OCH3 is 1. The number of ether oxygens (including phenoxy) is 2. The van der Waals surface area contributed by atoms with Crippen LogP contribution in [0.4, 0.5) is 0 Å². The second kappa shape index (κ2) is 9.78. The van der Waals surface area contributed by atoms with Crippen LogP contribution in [-0.4, -0.2) is 25.0 Å². The highest BCUT2D eigenvalue weighted by Crippen LogP contribution is 2.28. The summed E-state index contributed by atoms with van der Waals surface area (Å²) in [5.41, 5.74) is 6.25. The van der Waals surface area contributed by atoms with Crippen LogP contribution < -0.4 is 20.3 Å². The highest BCUT2D eigenvalue weighted by molar-refractivity contribution is 5.98. The van der Waals surface area contributed by atoms with Crippen molar-refractivity contribution < 1.29 is 19.1 Å². The second-order valence-corrected chi connectivity index (χ2v) is 6.04. The molecule has 0 spiro atoms. The summed E-state index contributed by atoms with van der Waals surface area (Å²) in [6.07, 6.45) is 2.82. The first-order chi connectivity index (χ1) is 13.4. The van der Waals surface area contributed by atoms with E-state index in [0.717, 1.165) is 5.56 Å². The first-order valence-electron chi connectivity index (χ1n) is 8.56. The van der Waals surface area contributed by atoms with Crippen molar-refractivity contribution in [2.45, 2.75) is 20.0 Å². The summed E-state index contributed by atoms with van der Waals surface area (Å²) in [6, 6.07) is 13.5. The highest BCUT2D eigenvalue weighted by atomic mass is 16.5. The molecule has 2 N–H and O–H groups in total. The summed E-state index contributed by atoms with van der Waals surface area (Å²) < 4.78 is 10.8. The molecule has 144 valence electrons. The molecule has 0 aliphatic rings. The van der Waals surface area contributed by atoms with Crippen LogP contribution in [0.25, 0.3) is 6.08 Å². The fourth-order valence-corrected chi connectivity index (χ4v) is 2.23. The number of hydrogen-bond donors (Lipinski definition) is 2. The van der Waals surface area contributed by atoms with E-state index in [-0.39, 0.29) is 6.10 Å². The van der Waals surface area contributed by atoms with Gasteiger partial charge in [-0.05, 0) is 55.8 Å². The molecule has 28 heavy (non-hydrogen) atoms. The molecule has 2 amide bonds. The normalized spacial score (nSPS) is 10.4. The van der Waals surface area contributed by atoms with E-state index in [4.69, 9.17) is 14.7 Å². The van der Waals surface area contributed by atoms with Gasteiger partial charge < -0.3 is 9.47 Å². The Morgan fingerprint density at radius 3 is 2.39 bits per heavy atom. The van der Waals surface area contributed by atoms with E-state index in [2.05, 4.69) is 10.9 Å². The number of carbonyl (C=O) groups excluding carboxylic acids is 2. The number of hydrogen-bond acceptors (Lipinski definition) is 5. The van der Waals surface area contributed by atoms with Gasteiger partial charge in [-0.2, -0.15) is 5.26 Å². The number of rotatable bonds is 6. The fourth-order valence-electron chi connectivity index (χ4n) is 2.23. The smallest absolute Gasteiger partial charge is 0.269 e. The molecule has 0 atom stereocenters. The lowest BCUT2D eigenvalue weighted by Gasteiger charge is -2.14. The molecule has 2 rings (SSSR count). The number of nitriles is 1. The lowest BCUT2D eigenvalue weighted by molar-refractivity contribution is -0.117.